The molecule has 0 aliphatic rings. The second-order valence-electron chi connectivity index (χ2n) is 5.01. The van der Waals surface area contributed by atoms with Crippen LogP contribution in [0.4, 0.5) is 4.39 Å². The minimum absolute atomic E-state index is 0.0829. The summed E-state index contributed by atoms with van der Waals surface area (Å²) in [6, 6.07) is 13.0. The molecule has 2 nitrogen and oxygen atoms in total. The standard InChI is InChI=1S/C17H20FNO/c1-12-10-14(7-8-16(12)18)17(19)9-6-13-4-3-5-15(11-13)20-2/h3-5,7-8,10-11,17H,6,9,19H2,1-2H3. The molecule has 2 N–H and O–H groups in total. The zero-order valence-electron chi connectivity index (χ0n) is 11.9. The molecule has 0 aromatic heterocycles. The summed E-state index contributed by atoms with van der Waals surface area (Å²) >= 11 is 0. The molecule has 2 aromatic rings. The van der Waals surface area contributed by atoms with E-state index in [4.69, 9.17) is 10.5 Å². The van der Waals surface area contributed by atoms with E-state index in [1.54, 1.807) is 20.1 Å². The SMILES string of the molecule is COc1cccc(CCC(N)c2ccc(F)c(C)c2)c1. The van der Waals surface area contributed by atoms with Gasteiger partial charge in [0.25, 0.3) is 0 Å². The van der Waals surface area contributed by atoms with Crippen molar-refractivity contribution < 1.29 is 9.13 Å². The van der Waals surface area contributed by atoms with Crippen LogP contribution in [0.25, 0.3) is 0 Å². The van der Waals surface area contributed by atoms with Crippen molar-refractivity contribution >= 4 is 0 Å². The van der Waals surface area contributed by atoms with Crippen LogP contribution in [0.15, 0.2) is 42.5 Å². The zero-order valence-corrected chi connectivity index (χ0v) is 11.9. The lowest BCUT2D eigenvalue weighted by molar-refractivity contribution is 0.414. The lowest BCUT2D eigenvalue weighted by Gasteiger charge is -2.13. The van der Waals surface area contributed by atoms with Gasteiger partial charge in [-0.2, -0.15) is 0 Å². The van der Waals surface area contributed by atoms with Gasteiger partial charge in [0.05, 0.1) is 7.11 Å². The summed E-state index contributed by atoms with van der Waals surface area (Å²) in [6.45, 7) is 1.76. The summed E-state index contributed by atoms with van der Waals surface area (Å²) in [7, 11) is 1.66. The van der Waals surface area contributed by atoms with E-state index in [0.717, 1.165) is 24.2 Å². The Bertz CT molecular complexity index is 583. The summed E-state index contributed by atoms with van der Waals surface area (Å²) in [5.74, 6) is 0.669. The van der Waals surface area contributed by atoms with E-state index in [1.807, 2.05) is 24.3 Å². The van der Waals surface area contributed by atoms with Crippen LogP contribution in [0.2, 0.25) is 0 Å². The fraction of sp³-hybridized carbons (Fsp3) is 0.294. The van der Waals surface area contributed by atoms with E-state index in [-0.39, 0.29) is 11.9 Å². The summed E-state index contributed by atoms with van der Waals surface area (Å²) in [4.78, 5) is 0. The highest BCUT2D eigenvalue weighted by Crippen LogP contribution is 2.21. The van der Waals surface area contributed by atoms with Crippen molar-refractivity contribution in [1.29, 1.82) is 0 Å². The summed E-state index contributed by atoms with van der Waals surface area (Å²) in [5, 5.41) is 0. The molecule has 0 saturated carbocycles. The maximum absolute atomic E-state index is 13.2. The van der Waals surface area contributed by atoms with Gasteiger partial charge in [0, 0.05) is 6.04 Å². The Labute approximate surface area is 119 Å². The highest BCUT2D eigenvalue weighted by molar-refractivity contribution is 5.29. The fourth-order valence-electron chi connectivity index (χ4n) is 2.22. The highest BCUT2D eigenvalue weighted by Gasteiger charge is 2.08. The Morgan fingerprint density at radius 2 is 2.00 bits per heavy atom. The largest absolute Gasteiger partial charge is 0.497 e. The monoisotopic (exact) mass is 273 g/mol. The Morgan fingerprint density at radius 1 is 1.20 bits per heavy atom. The molecular weight excluding hydrogens is 253 g/mol. The number of ether oxygens (including phenoxy) is 1. The number of aryl methyl sites for hydroxylation is 2. The Morgan fingerprint density at radius 3 is 2.70 bits per heavy atom. The van der Waals surface area contributed by atoms with Gasteiger partial charge in [-0.25, -0.2) is 4.39 Å². The van der Waals surface area contributed by atoms with Crippen molar-refractivity contribution in [1.82, 2.24) is 0 Å². The van der Waals surface area contributed by atoms with Crippen molar-refractivity contribution in [2.24, 2.45) is 5.73 Å². The second-order valence-corrected chi connectivity index (χ2v) is 5.01. The quantitative estimate of drug-likeness (QED) is 0.900. The number of hydrogen-bond donors (Lipinski definition) is 1. The van der Waals surface area contributed by atoms with Crippen molar-refractivity contribution in [2.75, 3.05) is 7.11 Å². The molecule has 0 saturated heterocycles. The first-order valence-corrected chi connectivity index (χ1v) is 6.74. The third kappa shape index (κ3) is 3.58. The molecule has 0 bridgehead atoms. The molecule has 1 unspecified atom stereocenters. The number of methoxy groups -OCH3 is 1. The van der Waals surface area contributed by atoms with Crippen molar-refractivity contribution in [3.05, 3.63) is 65.0 Å². The third-order valence-electron chi connectivity index (χ3n) is 3.49. The van der Waals surface area contributed by atoms with E-state index >= 15 is 0 Å². The molecule has 1 atom stereocenters. The minimum Gasteiger partial charge on any atom is -0.497 e. The molecule has 2 aromatic carbocycles. The molecule has 0 aliphatic heterocycles. The van der Waals surface area contributed by atoms with Gasteiger partial charge in [-0.1, -0.05) is 24.3 Å². The smallest absolute Gasteiger partial charge is 0.126 e. The molecule has 0 aliphatic carbocycles. The van der Waals surface area contributed by atoms with Crippen LogP contribution in [0.1, 0.15) is 29.2 Å². The average molecular weight is 273 g/mol. The molecule has 0 spiro atoms. The van der Waals surface area contributed by atoms with Gasteiger partial charge in [-0.3, -0.25) is 0 Å². The normalized spacial score (nSPS) is 12.2. The number of halogens is 1. The number of benzene rings is 2. The Hall–Kier alpha value is -1.87. The third-order valence-corrected chi connectivity index (χ3v) is 3.49. The van der Waals surface area contributed by atoms with Crippen LogP contribution in [0.3, 0.4) is 0 Å². The first kappa shape index (κ1) is 14.5. The first-order chi connectivity index (χ1) is 9.60. The lowest BCUT2D eigenvalue weighted by Crippen LogP contribution is -2.11. The molecule has 0 amide bonds. The second kappa shape index (κ2) is 6.53. The molecule has 106 valence electrons. The van der Waals surface area contributed by atoms with E-state index < -0.39 is 0 Å². The van der Waals surface area contributed by atoms with Crippen LogP contribution < -0.4 is 10.5 Å². The van der Waals surface area contributed by atoms with Crippen LogP contribution in [0, 0.1) is 12.7 Å². The maximum atomic E-state index is 13.2. The van der Waals surface area contributed by atoms with Crippen molar-refractivity contribution in [3.8, 4) is 5.75 Å². The maximum Gasteiger partial charge on any atom is 0.126 e. The topological polar surface area (TPSA) is 35.2 Å². The van der Waals surface area contributed by atoms with E-state index in [0.29, 0.717) is 5.56 Å². The fourth-order valence-corrected chi connectivity index (χ4v) is 2.22. The van der Waals surface area contributed by atoms with Crippen LogP contribution in [0.5, 0.6) is 5.75 Å². The average Bonchev–Trinajstić information content (AvgIpc) is 2.47. The summed E-state index contributed by atoms with van der Waals surface area (Å²) < 4.78 is 18.4. The number of hydrogen-bond acceptors (Lipinski definition) is 2. The summed E-state index contributed by atoms with van der Waals surface area (Å²) in [5.41, 5.74) is 8.99. The van der Waals surface area contributed by atoms with E-state index in [9.17, 15) is 4.39 Å². The highest BCUT2D eigenvalue weighted by atomic mass is 19.1. The molecule has 20 heavy (non-hydrogen) atoms. The van der Waals surface area contributed by atoms with Gasteiger partial charge in [0.1, 0.15) is 11.6 Å². The molecular formula is C17H20FNO. The van der Waals surface area contributed by atoms with E-state index in [2.05, 4.69) is 6.07 Å². The van der Waals surface area contributed by atoms with Gasteiger partial charge >= 0.3 is 0 Å². The van der Waals surface area contributed by atoms with Gasteiger partial charge in [-0.05, 0) is 54.7 Å². The van der Waals surface area contributed by atoms with Crippen molar-refractivity contribution in [3.63, 3.8) is 0 Å². The molecule has 0 fully saturated rings. The Balaban J connectivity index is 2.00. The van der Waals surface area contributed by atoms with Gasteiger partial charge in [0.2, 0.25) is 0 Å². The predicted octanol–water partition coefficient (Wildman–Crippen LogP) is 3.78. The zero-order chi connectivity index (χ0) is 14.5. The first-order valence-electron chi connectivity index (χ1n) is 6.74. The predicted molar refractivity (Wildman–Crippen MR) is 79.4 cm³/mol. The van der Waals surface area contributed by atoms with Crippen LogP contribution >= 0.6 is 0 Å². The summed E-state index contributed by atoms with van der Waals surface area (Å²) in [6.07, 6.45) is 1.69. The van der Waals surface area contributed by atoms with Gasteiger partial charge in [0.15, 0.2) is 0 Å². The number of rotatable bonds is 5. The van der Waals surface area contributed by atoms with Gasteiger partial charge in [-0.15, -0.1) is 0 Å². The minimum atomic E-state index is -0.186. The molecule has 0 heterocycles. The van der Waals surface area contributed by atoms with E-state index in [1.165, 1.54) is 11.6 Å². The van der Waals surface area contributed by atoms with Crippen LogP contribution in [-0.2, 0) is 6.42 Å². The van der Waals surface area contributed by atoms with Gasteiger partial charge < -0.3 is 10.5 Å². The van der Waals surface area contributed by atoms with Crippen LogP contribution in [-0.4, -0.2) is 7.11 Å². The lowest BCUT2D eigenvalue weighted by atomic mass is 9.98. The molecule has 3 heteroatoms. The Kier molecular flexibility index (Phi) is 4.74. The molecule has 0 radical (unpaired) electrons. The number of nitrogens with two attached hydrogens (primary N) is 1. The van der Waals surface area contributed by atoms with Crippen molar-refractivity contribution in [2.45, 2.75) is 25.8 Å². The molecule has 2 rings (SSSR count).